The molecule has 1 aromatic carbocycles. The zero-order valence-corrected chi connectivity index (χ0v) is 18.4. The molecule has 0 radical (unpaired) electrons. The summed E-state index contributed by atoms with van der Waals surface area (Å²) in [6.45, 7) is 4.43. The van der Waals surface area contributed by atoms with Gasteiger partial charge in [0.1, 0.15) is 6.07 Å². The van der Waals surface area contributed by atoms with Crippen LogP contribution in [0.5, 0.6) is 0 Å². The lowest BCUT2D eigenvalue weighted by Gasteiger charge is -2.34. The SMILES string of the molecule is CCNc1nc(Nc2cc(C#N)cc(N3CC4CC3CN4C)c2Cl)nn2c(C#N)cnc12. The average Bonchev–Trinajstić information content (AvgIpc) is 3.49. The maximum atomic E-state index is 9.62. The van der Waals surface area contributed by atoms with E-state index in [-0.39, 0.29) is 5.95 Å². The lowest BCUT2D eigenvalue weighted by molar-refractivity contribution is 0.292. The molecular weight excluding hydrogens is 428 g/mol. The van der Waals surface area contributed by atoms with Gasteiger partial charge in [0.05, 0.1) is 34.2 Å². The smallest absolute Gasteiger partial charge is 0.247 e. The zero-order chi connectivity index (χ0) is 22.4. The van der Waals surface area contributed by atoms with E-state index in [0.717, 1.165) is 25.2 Å². The average molecular weight is 449 g/mol. The largest absolute Gasteiger partial charge is 0.367 e. The Labute approximate surface area is 190 Å². The summed E-state index contributed by atoms with van der Waals surface area (Å²) in [5.74, 6) is 0.743. The summed E-state index contributed by atoms with van der Waals surface area (Å²) < 4.78 is 1.44. The zero-order valence-electron chi connectivity index (χ0n) is 17.7. The van der Waals surface area contributed by atoms with Crippen molar-refractivity contribution in [3.8, 4) is 12.1 Å². The van der Waals surface area contributed by atoms with E-state index >= 15 is 0 Å². The van der Waals surface area contributed by atoms with Crippen molar-refractivity contribution in [2.24, 2.45) is 0 Å². The Morgan fingerprint density at radius 2 is 2.06 bits per heavy atom. The molecule has 0 aliphatic carbocycles. The molecule has 4 heterocycles. The van der Waals surface area contributed by atoms with Crippen LogP contribution in [-0.2, 0) is 0 Å². The molecule has 11 heteroatoms. The van der Waals surface area contributed by atoms with Crippen molar-refractivity contribution in [1.29, 1.82) is 10.5 Å². The number of piperazine rings is 1. The van der Waals surface area contributed by atoms with Gasteiger partial charge in [-0.05, 0) is 32.5 Å². The van der Waals surface area contributed by atoms with E-state index in [1.54, 1.807) is 6.07 Å². The minimum absolute atomic E-state index is 0.244. The van der Waals surface area contributed by atoms with E-state index in [4.69, 9.17) is 11.6 Å². The highest BCUT2D eigenvalue weighted by molar-refractivity contribution is 6.36. The molecular formula is C21H21ClN10. The number of fused-ring (bicyclic) bond motifs is 3. The lowest BCUT2D eigenvalue weighted by Crippen LogP contribution is -2.44. The third-order valence-electron chi connectivity index (χ3n) is 6.07. The molecule has 2 fully saturated rings. The number of nitrogens with zero attached hydrogens (tertiary/aromatic N) is 8. The van der Waals surface area contributed by atoms with Crippen LogP contribution in [-0.4, -0.2) is 63.2 Å². The van der Waals surface area contributed by atoms with E-state index in [1.165, 1.54) is 10.7 Å². The molecule has 2 aliphatic rings. The Morgan fingerprint density at radius 3 is 2.72 bits per heavy atom. The second-order valence-corrected chi connectivity index (χ2v) is 8.41. The van der Waals surface area contributed by atoms with Gasteiger partial charge in [-0.2, -0.15) is 20.0 Å². The van der Waals surface area contributed by atoms with Gasteiger partial charge >= 0.3 is 0 Å². The summed E-state index contributed by atoms with van der Waals surface area (Å²) in [4.78, 5) is 13.4. The number of halogens is 1. The number of imidazole rings is 1. The fourth-order valence-electron chi connectivity index (χ4n) is 4.55. The van der Waals surface area contributed by atoms with Gasteiger partial charge in [-0.25, -0.2) is 4.98 Å². The van der Waals surface area contributed by atoms with Gasteiger partial charge in [0.2, 0.25) is 5.95 Å². The van der Waals surface area contributed by atoms with Gasteiger partial charge in [-0.3, -0.25) is 4.90 Å². The second kappa shape index (κ2) is 7.83. The Hall–Kier alpha value is -3.60. The lowest BCUT2D eigenvalue weighted by atomic mass is 10.1. The van der Waals surface area contributed by atoms with Gasteiger partial charge in [-0.1, -0.05) is 11.6 Å². The Balaban J connectivity index is 1.55. The predicted molar refractivity (Wildman–Crippen MR) is 121 cm³/mol. The van der Waals surface area contributed by atoms with Crippen LogP contribution in [0.15, 0.2) is 18.3 Å². The number of benzene rings is 1. The molecule has 2 bridgehead atoms. The molecule has 0 spiro atoms. The van der Waals surface area contributed by atoms with Crippen molar-refractivity contribution < 1.29 is 0 Å². The first-order valence-electron chi connectivity index (χ1n) is 10.4. The van der Waals surface area contributed by atoms with Crippen LogP contribution in [0.2, 0.25) is 5.02 Å². The van der Waals surface area contributed by atoms with Gasteiger partial charge < -0.3 is 15.5 Å². The number of nitrogens with one attached hydrogen (secondary N) is 2. The van der Waals surface area contributed by atoms with Crippen LogP contribution in [0, 0.1) is 22.7 Å². The van der Waals surface area contributed by atoms with Gasteiger partial charge in [-0.15, -0.1) is 5.10 Å². The number of hydrogen-bond donors (Lipinski definition) is 2. The van der Waals surface area contributed by atoms with Crippen molar-refractivity contribution in [1.82, 2.24) is 24.5 Å². The van der Waals surface area contributed by atoms with Crippen LogP contribution in [0.25, 0.3) is 5.65 Å². The van der Waals surface area contributed by atoms with Gasteiger partial charge in [0.25, 0.3) is 0 Å². The highest BCUT2D eigenvalue weighted by atomic mass is 35.5. The van der Waals surface area contributed by atoms with Crippen LogP contribution in [0.1, 0.15) is 24.6 Å². The monoisotopic (exact) mass is 448 g/mol. The second-order valence-electron chi connectivity index (χ2n) is 8.03. The Kier molecular flexibility index (Phi) is 4.97. The quantitative estimate of drug-likeness (QED) is 0.606. The number of likely N-dealkylation sites (tertiary alicyclic amines) is 1. The van der Waals surface area contributed by atoms with E-state index in [0.29, 0.717) is 52.1 Å². The highest BCUT2D eigenvalue weighted by Gasteiger charge is 2.42. The van der Waals surface area contributed by atoms with Crippen LogP contribution in [0.4, 0.5) is 23.1 Å². The van der Waals surface area contributed by atoms with Crippen molar-refractivity contribution >= 4 is 40.4 Å². The van der Waals surface area contributed by atoms with Crippen molar-refractivity contribution in [2.75, 3.05) is 42.2 Å². The summed E-state index contributed by atoms with van der Waals surface area (Å²) in [6, 6.07) is 8.70. The standard InChI is InChI=1S/C21H21ClN10/c1-3-25-19-20-26-9-15(8-24)32(20)29-21(28-19)27-16-4-12(7-23)5-17(18(16)22)31-11-13-6-14(31)10-30(13)2/h4-5,9,13-14H,3,6,10-11H2,1-2H3,(H2,25,27,28,29). The molecule has 2 atom stereocenters. The van der Waals surface area contributed by atoms with Crippen molar-refractivity contribution in [2.45, 2.75) is 25.4 Å². The summed E-state index contributed by atoms with van der Waals surface area (Å²) in [6.07, 6.45) is 2.55. The maximum absolute atomic E-state index is 9.62. The minimum atomic E-state index is 0.244. The Morgan fingerprint density at radius 1 is 1.22 bits per heavy atom. The van der Waals surface area contributed by atoms with Crippen LogP contribution < -0.4 is 15.5 Å². The molecule has 2 aromatic heterocycles. The predicted octanol–water partition coefficient (Wildman–Crippen LogP) is 2.59. The van der Waals surface area contributed by atoms with E-state index in [9.17, 15) is 10.5 Å². The summed E-state index contributed by atoms with van der Waals surface area (Å²) in [7, 11) is 2.14. The summed E-state index contributed by atoms with van der Waals surface area (Å²) in [5, 5.41) is 30.2. The first kappa shape index (κ1) is 20.3. The maximum Gasteiger partial charge on any atom is 0.247 e. The number of anilines is 4. The summed E-state index contributed by atoms with van der Waals surface area (Å²) in [5.41, 5.74) is 2.62. The molecule has 162 valence electrons. The first-order chi connectivity index (χ1) is 15.5. The fraction of sp³-hybridized carbons (Fsp3) is 0.381. The Bertz CT molecular complexity index is 1280. The molecule has 2 aliphatic heterocycles. The van der Waals surface area contributed by atoms with Crippen LogP contribution >= 0.6 is 11.6 Å². The number of rotatable bonds is 5. The van der Waals surface area contributed by atoms with Gasteiger partial charge in [0, 0.05) is 31.7 Å². The highest BCUT2D eigenvalue weighted by Crippen LogP contribution is 2.41. The normalized spacial score (nSPS) is 19.8. The topological polar surface area (TPSA) is 121 Å². The molecule has 3 aromatic rings. The molecule has 32 heavy (non-hydrogen) atoms. The molecule has 5 rings (SSSR count). The fourth-order valence-corrected chi connectivity index (χ4v) is 4.82. The molecule has 0 amide bonds. The van der Waals surface area contributed by atoms with E-state index in [2.05, 4.69) is 54.7 Å². The molecule has 2 saturated heterocycles. The van der Waals surface area contributed by atoms with Gasteiger partial charge in [0.15, 0.2) is 17.2 Å². The third-order valence-corrected chi connectivity index (χ3v) is 6.47. The molecule has 0 saturated carbocycles. The first-order valence-corrected chi connectivity index (χ1v) is 10.8. The summed E-state index contributed by atoms with van der Waals surface area (Å²) >= 11 is 6.83. The van der Waals surface area contributed by atoms with Crippen molar-refractivity contribution in [3.63, 3.8) is 0 Å². The van der Waals surface area contributed by atoms with Crippen molar-refractivity contribution in [3.05, 3.63) is 34.6 Å². The number of aromatic nitrogens is 4. The third kappa shape index (κ3) is 3.25. The molecule has 2 N–H and O–H groups in total. The minimum Gasteiger partial charge on any atom is -0.367 e. The molecule has 2 unspecified atom stereocenters. The molecule has 10 nitrogen and oxygen atoms in total. The number of nitriles is 2. The number of hydrogen-bond acceptors (Lipinski definition) is 9. The van der Waals surface area contributed by atoms with Crippen LogP contribution in [0.3, 0.4) is 0 Å². The number of likely N-dealkylation sites (N-methyl/N-ethyl adjacent to an activating group) is 1. The van der Waals surface area contributed by atoms with E-state index in [1.807, 2.05) is 13.0 Å². The van der Waals surface area contributed by atoms with E-state index < -0.39 is 0 Å².